The zero-order valence-corrected chi connectivity index (χ0v) is 38.4. The van der Waals surface area contributed by atoms with Gasteiger partial charge in [-0.3, -0.25) is 18.6 Å². The van der Waals surface area contributed by atoms with Crippen molar-refractivity contribution in [3.8, 4) is 0 Å². The number of phosphoric ester groups is 1. The fourth-order valence-electron chi connectivity index (χ4n) is 6.68. The number of esters is 1. The van der Waals surface area contributed by atoms with Gasteiger partial charge in [0.05, 0.1) is 13.2 Å². The number of aliphatic hydroxyl groups excluding tert-OH is 1. The molecule has 0 aliphatic rings. The van der Waals surface area contributed by atoms with Gasteiger partial charge in [-0.2, -0.15) is 0 Å². The summed E-state index contributed by atoms with van der Waals surface area (Å²) in [5, 5.41) is 12.7. The first kappa shape index (κ1) is 56.2. The van der Waals surface area contributed by atoms with Crippen LogP contribution in [-0.2, 0) is 27.9 Å². The van der Waals surface area contributed by atoms with E-state index in [2.05, 4.69) is 55.6 Å². The number of carbonyl (C=O) groups excluding carboxylic acids is 2. The highest BCUT2D eigenvalue weighted by molar-refractivity contribution is 7.47. The molecule has 0 saturated carbocycles. The van der Waals surface area contributed by atoms with Crippen LogP contribution in [0.4, 0.5) is 0 Å². The quantitative estimate of drug-likeness (QED) is 0.0239. The number of phosphoric acid groups is 1. The minimum Gasteiger partial charge on any atom is -0.463 e. The van der Waals surface area contributed by atoms with Crippen molar-refractivity contribution in [1.82, 2.24) is 5.32 Å². The molecule has 340 valence electrons. The molecule has 58 heavy (non-hydrogen) atoms. The van der Waals surface area contributed by atoms with Crippen molar-refractivity contribution in [2.75, 3.05) is 26.4 Å². The molecule has 0 aromatic carbocycles. The monoisotopic (exact) mass is 840 g/mol. The summed E-state index contributed by atoms with van der Waals surface area (Å²) in [6, 6.07) is 0. The van der Waals surface area contributed by atoms with E-state index < -0.39 is 26.5 Å². The van der Waals surface area contributed by atoms with Crippen LogP contribution in [0.15, 0.2) is 36.5 Å². The maximum absolute atomic E-state index is 12.1. The Labute approximate surface area is 356 Å². The molecule has 2 atom stereocenters. The molecule has 0 aliphatic carbocycles. The number of allylic oxidation sites excluding steroid dienone is 6. The zero-order chi connectivity index (χ0) is 42.5. The van der Waals surface area contributed by atoms with Crippen LogP contribution in [-0.4, -0.2) is 54.3 Å². The Morgan fingerprint density at radius 3 is 1.43 bits per heavy atom. The standard InChI is InChI=1S/C48H90NO8P/c1-3-5-7-9-11-13-15-17-19-21-22-23-24-25-27-29-31-33-35-37-39-41-48(52)55-44-46(50)45-57-58(53,54)56-43-42-49-47(51)40-38-36-34-32-30-28-26-20-18-16-14-12-10-8-6-4-2/h11,13,17,19,22-23,46,50H,3-10,12,14-16,18,20-21,24-45H2,1-2H3,(H,49,51)(H,53,54)/b13-11-,19-17-,23-22-. The summed E-state index contributed by atoms with van der Waals surface area (Å²) >= 11 is 0. The molecule has 3 N–H and O–H groups in total. The van der Waals surface area contributed by atoms with Crippen molar-refractivity contribution in [1.29, 1.82) is 0 Å². The first-order chi connectivity index (χ1) is 28.3. The number of hydrogen-bond donors (Lipinski definition) is 3. The molecule has 0 aromatic heterocycles. The Hall–Kier alpha value is -1.77. The Kier molecular flexibility index (Phi) is 43.4. The van der Waals surface area contributed by atoms with Crippen molar-refractivity contribution in [3.05, 3.63) is 36.5 Å². The van der Waals surface area contributed by atoms with E-state index >= 15 is 0 Å². The van der Waals surface area contributed by atoms with Crippen LogP contribution < -0.4 is 5.32 Å². The Bertz CT molecular complexity index is 1050. The SMILES string of the molecule is CCCCC/C=C\C/C=C\C/C=C\CCCCCCCCCCC(=O)OCC(O)COP(=O)(O)OCCNC(=O)CCCCCCCCCCCCCCCCCC. The van der Waals surface area contributed by atoms with Gasteiger partial charge < -0.3 is 20.1 Å². The zero-order valence-electron chi connectivity index (χ0n) is 37.5. The number of unbranched alkanes of at least 4 members (excludes halogenated alkanes) is 26. The molecule has 10 heteroatoms. The second kappa shape index (κ2) is 44.8. The molecule has 0 radical (unpaired) electrons. The average molecular weight is 840 g/mol. The van der Waals surface area contributed by atoms with E-state index in [1.54, 1.807) is 0 Å². The van der Waals surface area contributed by atoms with Gasteiger partial charge >= 0.3 is 13.8 Å². The van der Waals surface area contributed by atoms with E-state index in [1.807, 2.05) is 0 Å². The largest absolute Gasteiger partial charge is 0.472 e. The second-order valence-corrected chi connectivity index (χ2v) is 17.5. The van der Waals surface area contributed by atoms with Crippen molar-refractivity contribution in [3.63, 3.8) is 0 Å². The maximum Gasteiger partial charge on any atom is 0.472 e. The predicted molar refractivity (Wildman–Crippen MR) is 243 cm³/mol. The van der Waals surface area contributed by atoms with Crippen LogP contribution in [0.25, 0.3) is 0 Å². The Morgan fingerprint density at radius 2 is 0.931 bits per heavy atom. The van der Waals surface area contributed by atoms with Gasteiger partial charge in [0.25, 0.3) is 0 Å². The summed E-state index contributed by atoms with van der Waals surface area (Å²) in [6.45, 7) is 3.55. The van der Waals surface area contributed by atoms with Crippen molar-refractivity contribution < 1.29 is 37.9 Å². The van der Waals surface area contributed by atoms with E-state index in [1.165, 1.54) is 135 Å². The van der Waals surface area contributed by atoms with E-state index in [9.17, 15) is 24.2 Å². The molecule has 0 heterocycles. The highest BCUT2D eigenvalue weighted by Crippen LogP contribution is 2.42. The minimum atomic E-state index is -4.42. The third-order valence-electron chi connectivity index (χ3n) is 10.3. The van der Waals surface area contributed by atoms with Gasteiger partial charge in [0.15, 0.2) is 0 Å². The van der Waals surface area contributed by atoms with E-state index in [0.29, 0.717) is 6.42 Å². The first-order valence-corrected chi connectivity index (χ1v) is 25.5. The molecule has 0 bridgehead atoms. The molecule has 1 amide bonds. The van der Waals surface area contributed by atoms with Crippen molar-refractivity contribution in [2.24, 2.45) is 0 Å². The predicted octanol–water partition coefficient (Wildman–Crippen LogP) is 13.7. The third kappa shape index (κ3) is 45.3. The van der Waals surface area contributed by atoms with Gasteiger partial charge in [-0.05, 0) is 51.4 Å². The third-order valence-corrected chi connectivity index (χ3v) is 11.3. The van der Waals surface area contributed by atoms with Gasteiger partial charge in [-0.25, -0.2) is 4.57 Å². The molecule has 9 nitrogen and oxygen atoms in total. The lowest BCUT2D eigenvalue weighted by Crippen LogP contribution is -2.27. The van der Waals surface area contributed by atoms with Gasteiger partial charge in [-0.15, -0.1) is 0 Å². The lowest BCUT2D eigenvalue weighted by Gasteiger charge is -2.15. The Morgan fingerprint density at radius 1 is 0.534 bits per heavy atom. The molecule has 0 saturated heterocycles. The lowest BCUT2D eigenvalue weighted by molar-refractivity contribution is -0.147. The molecular formula is C48H90NO8P. The fraction of sp³-hybridized carbons (Fsp3) is 0.833. The van der Waals surface area contributed by atoms with E-state index in [4.69, 9.17) is 13.8 Å². The number of carbonyl (C=O) groups is 2. The highest BCUT2D eigenvalue weighted by Gasteiger charge is 2.23. The maximum atomic E-state index is 12.1. The number of hydrogen-bond acceptors (Lipinski definition) is 7. The number of aliphatic hydroxyl groups is 1. The number of nitrogens with one attached hydrogen (secondary N) is 1. The van der Waals surface area contributed by atoms with Crippen LogP contribution in [0.2, 0.25) is 0 Å². The topological polar surface area (TPSA) is 131 Å². The smallest absolute Gasteiger partial charge is 0.463 e. The van der Waals surface area contributed by atoms with Crippen LogP contribution >= 0.6 is 7.82 Å². The van der Waals surface area contributed by atoms with Crippen LogP contribution in [0.1, 0.15) is 226 Å². The van der Waals surface area contributed by atoms with Crippen molar-refractivity contribution >= 4 is 19.7 Å². The molecule has 0 rings (SSSR count). The fourth-order valence-corrected chi connectivity index (χ4v) is 7.44. The number of amides is 1. The number of rotatable bonds is 45. The van der Waals surface area contributed by atoms with E-state index in [-0.39, 0.29) is 32.1 Å². The summed E-state index contributed by atoms with van der Waals surface area (Å²) in [6.07, 6.45) is 50.7. The molecule has 0 aromatic rings. The number of ether oxygens (including phenoxy) is 1. The molecule has 0 aliphatic heterocycles. The second-order valence-electron chi connectivity index (χ2n) is 16.1. The van der Waals surface area contributed by atoms with Gasteiger partial charge in [0.2, 0.25) is 5.91 Å². The molecular weight excluding hydrogens is 750 g/mol. The highest BCUT2D eigenvalue weighted by atomic mass is 31.2. The van der Waals surface area contributed by atoms with Crippen LogP contribution in [0.3, 0.4) is 0 Å². The molecule has 0 spiro atoms. The first-order valence-electron chi connectivity index (χ1n) is 24.0. The molecule has 0 fully saturated rings. The van der Waals surface area contributed by atoms with Crippen molar-refractivity contribution in [2.45, 2.75) is 232 Å². The normalized spacial score (nSPS) is 13.5. The average Bonchev–Trinajstić information content (AvgIpc) is 3.21. The van der Waals surface area contributed by atoms with Gasteiger partial charge in [0.1, 0.15) is 12.7 Å². The van der Waals surface area contributed by atoms with Crippen LogP contribution in [0.5, 0.6) is 0 Å². The Balaban J connectivity index is 3.58. The summed E-state index contributed by atoms with van der Waals surface area (Å²) in [5.41, 5.74) is 0. The summed E-state index contributed by atoms with van der Waals surface area (Å²) in [5.74, 6) is -0.517. The molecule has 2 unspecified atom stereocenters. The van der Waals surface area contributed by atoms with Gasteiger partial charge in [0, 0.05) is 19.4 Å². The lowest BCUT2D eigenvalue weighted by atomic mass is 10.0. The van der Waals surface area contributed by atoms with Gasteiger partial charge in [-0.1, -0.05) is 198 Å². The van der Waals surface area contributed by atoms with E-state index in [0.717, 1.165) is 64.2 Å². The summed E-state index contributed by atoms with van der Waals surface area (Å²) in [7, 11) is -4.42. The van der Waals surface area contributed by atoms with Crippen LogP contribution in [0, 0.1) is 0 Å². The summed E-state index contributed by atoms with van der Waals surface area (Å²) in [4.78, 5) is 34.0. The summed E-state index contributed by atoms with van der Waals surface area (Å²) < 4.78 is 26.9. The minimum absolute atomic E-state index is 0.0834.